The summed E-state index contributed by atoms with van der Waals surface area (Å²) < 4.78 is 51.0. The molecule has 2 nitrogen and oxygen atoms in total. The maximum Gasteiger partial charge on any atom is 0.419 e. The van der Waals surface area contributed by atoms with Crippen molar-refractivity contribution in [3.05, 3.63) is 35.1 Å². The van der Waals surface area contributed by atoms with Crippen molar-refractivity contribution in [1.29, 1.82) is 0 Å². The van der Waals surface area contributed by atoms with Crippen LogP contribution in [0.2, 0.25) is 0 Å². The Hall–Kier alpha value is -1.30. The zero-order valence-electron chi connectivity index (χ0n) is 10.4. The van der Waals surface area contributed by atoms with Crippen molar-refractivity contribution in [3.8, 4) is 0 Å². The summed E-state index contributed by atoms with van der Waals surface area (Å²) in [6.45, 7) is 0.789. The molecule has 1 saturated heterocycles. The summed E-state index contributed by atoms with van der Waals surface area (Å²) in [5.41, 5.74) is -1.58. The van der Waals surface area contributed by atoms with E-state index in [1.54, 1.807) is 0 Å². The van der Waals surface area contributed by atoms with Gasteiger partial charge < -0.3 is 4.90 Å². The summed E-state index contributed by atoms with van der Waals surface area (Å²) >= 11 is 5.90. The summed E-state index contributed by atoms with van der Waals surface area (Å²) in [6, 6.07) is 2.30. The van der Waals surface area contributed by atoms with Crippen molar-refractivity contribution in [1.82, 2.24) is 4.90 Å². The molecule has 7 heteroatoms. The molecule has 0 aromatic heterocycles. The number of carbonyl (C=O) groups excluding carboxylic acids is 1. The topological polar surface area (TPSA) is 20.3 Å². The van der Waals surface area contributed by atoms with E-state index in [0.717, 1.165) is 6.07 Å². The van der Waals surface area contributed by atoms with Gasteiger partial charge in [-0.3, -0.25) is 4.79 Å². The van der Waals surface area contributed by atoms with Crippen molar-refractivity contribution in [3.63, 3.8) is 0 Å². The Bertz CT molecular complexity index is 510. The van der Waals surface area contributed by atoms with Crippen LogP contribution in [0.1, 0.15) is 28.8 Å². The van der Waals surface area contributed by atoms with E-state index in [1.807, 2.05) is 0 Å². The van der Waals surface area contributed by atoms with Gasteiger partial charge in [0, 0.05) is 24.0 Å². The summed E-state index contributed by atoms with van der Waals surface area (Å²) in [6.07, 6.45) is -3.62. The molecular formula is C13H12ClF4NO. The third-order valence-electron chi connectivity index (χ3n) is 3.23. The Labute approximate surface area is 118 Å². The minimum Gasteiger partial charge on any atom is -0.339 e. The summed E-state index contributed by atoms with van der Waals surface area (Å²) in [5, 5.41) is -0.0157. The van der Waals surface area contributed by atoms with Gasteiger partial charge in [-0.05, 0) is 31.0 Å². The van der Waals surface area contributed by atoms with E-state index in [9.17, 15) is 22.4 Å². The number of rotatable bonds is 1. The molecule has 2 rings (SSSR count). The number of hydrogen-bond acceptors (Lipinski definition) is 1. The lowest BCUT2D eigenvalue weighted by Crippen LogP contribution is -2.38. The van der Waals surface area contributed by atoms with Crippen LogP contribution >= 0.6 is 11.6 Å². The molecule has 110 valence electrons. The Morgan fingerprint density at radius 3 is 2.40 bits per heavy atom. The first kappa shape index (κ1) is 15.1. The van der Waals surface area contributed by atoms with Gasteiger partial charge in [-0.1, -0.05) is 0 Å². The Morgan fingerprint density at radius 1 is 1.25 bits per heavy atom. The van der Waals surface area contributed by atoms with Crippen LogP contribution in [0.25, 0.3) is 0 Å². The second kappa shape index (κ2) is 5.60. The molecule has 0 N–H and O–H groups in total. The molecule has 0 atom stereocenters. The minimum atomic E-state index is -4.82. The quantitative estimate of drug-likeness (QED) is 0.572. The molecule has 1 amide bonds. The largest absolute Gasteiger partial charge is 0.419 e. The highest BCUT2D eigenvalue weighted by molar-refractivity contribution is 6.20. The van der Waals surface area contributed by atoms with E-state index in [-0.39, 0.29) is 10.9 Å². The predicted octanol–water partition coefficient (Wildman–Crippen LogP) is 3.69. The van der Waals surface area contributed by atoms with Crippen LogP contribution in [0.3, 0.4) is 0 Å². The number of amides is 1. The molecule has 1 fully saturated rings. The molecule has 1 heterocycles. The van der Waals surface area contributed by atoms with Crippen molar-refractivity contribution < 1.29 is 22.4 Å². The first-order valence-electron chi connectivity index (χ1n) is 6.09. The van der Waals surface area contributed by atoms with Crippen LogP contribution in [0.4, 0.5) is 17.6 Å². The summed E-state index contributed by atoms with van der Waals surface area (Å²) in [5.74, 6) is -1.91. The maximum absolute atomic E-state index is 13.2. The summed E-state index contributed by atoms with van der Waals surface area (Å²) in [4.78, 5) is 13.5. The lowest BCUT2D eigenvalue weighted by Gasteiger charge is -2.29. The van der Waals surface area contributed by atoms with Gasteiger partial charge in [-0.2, -0.15) is 13.2 Å². The average Bonchev–Trinajstić information content (AvgIpc) is 2.38. The number of halogens is 5. The highest BCUT2D eigenvalue weighted by Gasteiger charge is 2.35. The van der Waals surface area contributed by atoms with Gasteiger partial charge in [-0.15, -0.1) is 11.6 Å². The number of likely N-dealkylation sites (tertiary alicyclic amines) is 1. The molecule has 0 radical (unpaired) electrons. The predicted molar refractivity (Wildman–Crippen MR) is 66.2 cm³/mol. The van der Waals surface area contributed by atoms with Gasteiger partial charge in [0.05, 0.1) is 5.56 Å². The van der Waals surface area contributed by atoms with E-state index in [2.05, 4.69) is 0 Å². The second-order valence-electron chi connectivity index (χ2n) is 4.66. The third-order valence-corrected chi connectivity index (χ3v) is 3.67. The van der Waals surface area contributed by atoms with Gasteiger partial charge in [0.15, 0.2) is 0 Å². The number of benzene rings is 1. The molecule has 1 aromatic carbocycles. The molecule has 1 aliphatic rings. The fraction of sp³-hybridized carbons (Fsp3) is 0.462. The number of carbonyl (C=O) groups is 1. The highest BCUT2D eigenvalue weighted by Crippen LogP contribution is 2.32. The van der Waals surface area contributed by atoms with Crippen LogP contribution in [0.15, 0.2) is 18.2 Å². The van der Waals surface area contributed by atoms with Gasteiger partial charge in [-0.25, -0.2) is 4.39 Å². The number of piperidine rings is 1. The standard InChI is InChI=1S/C13H12ClF4NO/c14-9-3-5-19(6-4-9)12(20)8-1-2-11(15)10(7-8)13(16,17)18/h1-2,7,9H,3-6H2. The smallest absolute Gasteiger partial charge is 0.339 e. The van der Waals surface area contributed by atoms with Crippen LogP contribution < -0.4 is 0 Å². The van der Waals surface area contributed by atoms with Crippen LogP contribution in [-0.2, 0) is 6.18 Å². The van der Waals surface area contributed by atoms with Crippen LogP contribution in [-0.4, -0.2) is 29.3 Å². The molecule has 0 unspecified atom stereocenters. The van der Waals surface area contributed by atoms with Gasteiger partial charge in [0.25, 0.3) is 5.91 Å². The van der Waals surface area contributed by atoms with Crippen molar-refractivity contribution in [2.75, 3.05) is 13.1 Å². The first-order valence-corrected chi connectivity index (χ1v) is 6.53. The van der Waals surface area contributed by atoms with Crippen LogP contribution in [0.5, 0.6) is 0 Å². The Kier molecular flexibility index (Phi) is 4.22. The lowest BCUT2D eigenvalue weighted by atomic mass is 10.1. The van der Waals surface area contributed by atoms with E-state index in [4.69, 9.17) is 11.6 Å². The summed E-state index contributed by atoms with van der Waals surface area (Å²) in [7, 11) is 0. The molecule has 1 aromatic rings. The zero-order valence-corrected chi connectivity index (χ0v) is 11.1. The highest BCUT2D eigenvalue weighted by atomic mass is 35.5. The lowest BCUT2D eigenvalue weighted by molar-refractivity contribution is -0.140. The number of nitrogens with zero attached hydrogens (tertiary/aromatic N) is 1. The SMILES string of the molecule is O=C(c1ccc(F)c(C(F)(F)F)c1)N1CCC(Cl)CC1. The molecular weight excluding hydrogens is 298 g/mol. The first-order chi connectivity index (χ1) is 9.29. The minimum absolute atomic E-state index is 0.0157. The van der Waals surface area contributed by atoms with Gasteiger partial charge >= 0.3 is 6.18 Å². The average molecular weight is 310 g/mol. The van der Waals surface area contributed by atoms with Crippen molar-refractivity contribution in [2.24, 2.45) is 0 Å². The van der Waals surface area contributed by atoms with Crippen LogP contribution in [0, 0.1) is 5.82 Å². The Balaban J connectivity index is 2.23. The van der Waals surface area contributed by atoms with E-state index in [0.29, 0.717) is 38.1 Å². The zero-order chi connectivity index (χ0) is 14.9. The van der Waals surface area contributed by atoms with E-state index < -0.39 is 23.5 Å². The monoisotopic (exact) mass is 309 g/mol. The maximum atomic E-state index is 13.2. The molecule has 1 aliphatic heterocycles. The normalized spacial score (nSPS) is 17.4. The molecule has 0 bridgehead atoms. The van der Waals surface area contributed by atoms with E-state index >= 15 is 0 Å². The fourth-order valence-corrected chi connectivity index (χ4v) is 2.30. The molecule has 20 heavy (non-hydrogen) atoms. The molecule has 0 aliphatic carbocycles. The third kappa shape index (κ3) is 3.23. The number of alkyl halides is 4. The number of hydrogen-bond donors (Lipinski definition) is 0. The van der Waals surface area contributed by atoms with Gasteiger partial charge in [0.2, 0.25) is 0 Å². The molecule has 0 spiro atoms. The second-order valence-corrected chi connectivity index (χ2v) is 5.28. The van der Waals surface area contributed by atoms with Gasteiger partial charge in [0.1, 0.15) is 5.82 Å². The van der Waals surface area contributed by atoms with E-state index in [1.165, 1.54) is 4.90 Å². The fourth-order valence-electron chi connectivity index (χ4n) is 2.11. The Morgan fingerprint density at radius 2 is 1.85 bits per heavy atom. The van der Waals surface area contributed by atoms with Crippen molar-refractivity contribution in [2.45, 2.75) is 24.4 Å². The van der Waals surface area contributed by atoms with Crippen molar-refractivity contribution >= 4 is 17.5 Å². The molecule has 0 saturated carbocycles.